The summed E-state index contributed by atoms with van der Waals surface area (Å²) in [6.07, 6.45) is 0.917. The molecular formula is C20H13FN4OS. The van der Waals surface area contributed by atoms with E-state index in [0.717, 1.165) is 34.3 Å². The van der Waals surface area contributed by atoms with Crippen LogP contribution < -0.4 is 0 Å². The molecule has 0 aliphatic rings. The predicted molar refractivity (Wildman–Crippen MR) is 100 cm³/mol. The van der Waals surface area contributed by atoms with E-state index in [2.05, 4.69) is 22.0 Å². The van der Waals surface area contributed by atoms with E-state index in [-0.39, 0.29) is 17.0 Å². The molecule has 2 aromatic carbocycles. The second-order valence-corrected chi connectivity index (χ2v) is 6.73. The van der Waals surface area contributed by atoms with Crippen LogP contribution in [0.25, 0.3) is 34.1 Å². The topological polar surface area (TPSA) is 75.6 Å². The standard InChI is InChI=1S/C20H13FN4OS/c1-2-18-23-17(11-27-18)13-4-6-14(7-5-13)19-24-20(26-25-19)15-8-3-12(10-22)9-16(15)21/h3-9,11H,2H2,1H3. The minimum atomic E-state index is -0.574. The molecule has 0 aliphatic carbocycles. The molecule has 0 atom stereocenters. The molecule has 132 valence electrons. The highest BCUT2D eigenvalue weighted by Crippen LogP contribution is 2.27. The van der Waals surface area contributed by atoms with Crippen LogP contribution in [0.15, 0.2) is 52.4 Å². The number of hydrogen-bond donors (Lipinski definition) is 0. The van der Waals surface area contributed by atoms with Crippen molar-refractivity contribution in [3.63, 3.8) is 0 Å². The van der Waals surface area contributed by atoms with E-state index in [1.54, 1.807) is 11.3 Å². The van der Waals surface area contributed by atoms with E-state index in [1.807, 2.05) is 35.7 Å². The smallest absolute Gasteiger partial charge is 0.261 e. The Labute approximate surface area is 158 Å². The third kappa shape index (κ3) is 3.35. The van der Waals surface area contributed by atoms with Gasteiger partial charge < -0.3 is 4.52 Å². The summed E-state index contributed by atoms with van der Waals surface area (Å²) in [4.78, 5) is 8.85. The highest BCUT2D eigenvalue weighted by molar-refractivity contribution is 7.09. The Bertz CT molecular complexity index is 1140. The molecule has 0 radical (unpaired) electrons. The molecule has 2 heterocycles. The lowest BCUT2D eigenvalue weighted by atomic mass is 10.1. The van der Waals surface area contributed by atoms with Crippen LogP contribution in [0.1, 0.15) is 17.5 Å². The highest BCUT2D eigenvalue weighted by atomic mass is 32.1. The van der Waals surface area contributed by atoms with Crippen LogP contribution in [0.4, 0.5) is 4.39 Å². The van der Waals surface area contributed by atoms with Crippen LogP contribution in [0, 0.1) is 17.1 Å². The average Bonchev–Trinajstić information content (AvgIpc) is 3.38. The first-order valence-electron chi connectivity index (χ1n) is 8.27. The fourth-order valence-electron chi connectivity index (χ4n) is 2.60. The summed E-state index contributed by atoms with van der Waals surface area (Å²) in [7, 11) is 0. The van der Waals surface area contributed by atoms with Gasteiger partial charge in [0.1, 0.15) is 5.82 Å². The quantitative estimate of drug-likeness (QED) is 0.495. The van der Waals surface area contributed by atoms with Gasteiger partial charge in [-0.3, -0.25) is 0 Å². The van der Waals surface area contributed by atoms with E-state index in [9.17, 15) is 4.39 Å². The predicted octanol–water partition coefficient (Wildman–Crippen LogP) is 5.10. The van der Waals surface area contributed by atoms with Gasteiger partial charge in [-0.2, -0.15) is 10.2 Å². The molecule has 0 saturated heterocycles. The number of nitrogens with zero attached hydrogens (tertiary/aromatic N) is 4. The van der Waals surface area contributed by atoms with Crippen molar-refractivity contribution in [2.75, 3.05) is 0 Å². The van der Waals surface area contributed by atoms with E-state index in [1.165, 1.54) is 12.1 Å². The second-order valence-electron chi connectivity index (χ2n) is 5.79. The van der Waals surface area contributed by atoms with Gasteiger partial charge in [0.05, 0.1) is 27.9 Å². The van der Waals surface area contributed by atoms with Crippen molar-refractivity contribution in [1.82, 2.24) is 15.1 Å². The Morgan fingerprint density at radius 2 is 1.89 bits per heavy atom. The molecule has 0 aliphatic heterocycles. The zero-order valence-corrected chi connectivity index (χ0v) is 15.1. The number of hydrogen-bond acceptors (Lipinski definition) is 6. The van der Waals surface area contributed by atoms with Crippen LogP contribution in [0.5, 0.6) is 0 Å². The van der Waals surface area contributed by atoms with Gasteiger partial charge in [-0.25, -0.2) is 9.37 Å². The maximum atomic E-state index is 14.1. The summed E-state index contributed by atoms with van der Waals surface area (Å²) in [5.74, 6) is -0.133. The molecule has 0 saturated carbocycles. The Kier molecular flexibility index (Phi) is 4.48. The maximum Gasteiger partial charge on any atom is 0.261 e. The van der Waals surface area contributed by atoms with Gasteiger partial charge in [-0.05, 0) is 24.6 Å². The van der Waals surface area contributed by atoms with Crippen LogP contribution in [-0.2, 0) is 6.42 Å². The fourth-order valence-corrected chi connectivity index (χ4v) is 3.36. The van der Waals surface area contributed by atoms with Crippen LogP contribution in [-0.4, -0.2) is 15.1 Å². The molecule has 0 N–H and O–H groups in total. The molecule has 2 aromatic heterocycles. The molecule has 0 bridgehead atoms. The lowest BCUT2D eigenvalue weighted by molar-refractivity contribution is 0.429. The lowest BCUT2D eigenvalue weighted by Crippen LogP contribution is -1.87. The van der Waals surface area contributed by atoms with E-state index >= 15 is 0 Å². The molecule has 4 rings (SSSR count). The minimum Gasteiger partial charge on any atom is -0.334 e. The molecule has 7 heteroatoms. The van der Waals surface area contributed by atoms with Gasteiger partial charge in [0.25, 0.3) is 5.89 Å². The number of benzene rings is 2. The van der Waals surface area contributed by atoms with Gasteiger partial charge >= 0.3 is 0 Å². The monoisotopic (exact) mass is 376 g/mol. The Balaban J connectivity index is 1.61. The molecular weight excluding hydrogens is 363 g/mol. The zero-order valence-electron chi connectivity index (χ0n) is 14.3. The van der Waals surface area contributed by atoms with E-state index < -0.39 is 5.82 Å². The van der Waals surface area contributed by atoms with Crippen molar-refractivity contribution in [1.29, 1.82) is 5.26 Å². The van der Waals surface area contributed by atoms with Crippen LogP contribution >= 0.6 is 11.3 Å². The minimum absolute atomic E-state index is 0.0724. The normalized spacial score (nSPS) is 10.7. The van der Waals surface area contributed by atoms with Crippen molar-refractivity contribution in [2.24, 2.45) is 0 Å². The Hall–Kier alpha value is -3.37. The second kappa shape index (κ2) is 7.09. The lowest BCUT2D eigenvalue weighted by Gasteiger charge is -1.99. The van der Waals surface area contributed by atoms with Gasteiger partial charge in [0.2, 0.25) is 5.82 Å². The van der Waals surface area contributed by atoms with E-state index in [0.29, 0.717) is 5.82 Å². The number of thiazole rings is 1. The molecule has 0 amide bonds. The molecule has 4 aromatic rings. The van der Waals surface area contributed by atoms with Gasteiger partial charge in [0.15, 0.2) is 0 Å². The summed E-state index contributed by atoms with van der Waals surface area (Å²) in [6.45, 7) is 2.08. The highest BCUT2D eigenvalue weighted by Gasteiger charge is 2.15. The molecule has 0 spiro atoms. The summed E-state index contributed by atoms with van der Waals surface area (Å²) < 4.78 is 19.3. The number of rotatable bonds is 4. The van der Waals surface area contributed by atoms with Crippen LogP contribution in [0.3, 0.4) is 0 Å². The fraction of sp³-hybridized carbons (Fsp3) is 0.100. The van der Waals surface area contributed by atoms with Gasteiger partial charge in [0, 0.05) is 16.5 Å². The summed E-state index contributed by atoms with van der Waals surface area (Å²) in [6, 6.07) is 13.7. The third-order valence-corrected chi connectivity index (χ3v) is 5.04. The molecule has 0 fully saturated rings. The SMILES string of the molecule is CCc1nc(-c2ccc(-c3noc(-c4ccc(C#N)cc4F)n3)cc2)cs1. The summed E-state index contributed by atoms with van der Waals surface area (Å²) in [5, 5.41) is 15.9. The summed E-state index contributed by atoms with van der Waals surface area (Å²) >= 11 is 1.64. The molecule has 0 unspecified atom stereocenters. The van der Waals surface area contributed by atoms with Gasteiger partial charge in [-0.1, -0.05) is 36.3 Å². The first kappa shape index (κ1) is 17.1. The van der Waals surface area contributed by atoms with Crippen molar-refractivity contribution in [2.45, 2.75) is 13.3 Å². The number of aryl methyl sites for hydroxylation is 1. The number of aromatic nitrogens is 3. The average molecular weight is 376 g/mol. The first-order valence-corrected chi connectivity index (χ1v) is 9.15. The number of nitriles is 1. The van der Waals surface area contributed by atoms with E-state index in [4.69, 9.17) is 9.78 Å². The number of halogens is 1. The van der Waals surface area contributed by atoms with Crippen molar-refractivity contribution in [3.05, 3.63) is 64.2 Å². The first-order chi connectivity index (χ1) is 13.2. The molecule has 5 nitrogen and oxygen atoms in total. The largest absolute Gasteiger partial charge is 0.334 e. The Morgan fingerprint density at radius 1 is 1.11 bits per heavy atom. The van der Waals surface area contributed by atoms with Crippen molar-refractivity contribution >= 4 is 11.3 Å². The van der Waals surface area contributed by atoms with Gasteiger partial charge in [-0.15, -0.1) is 11.3 Å². The zero-order chi connectivity index (χ0) is 18.8. The molecule has 27 heavy (non-hydrogen) atoms. The Morgan fingerprint density at radius 3 is 2.56 bits per heavy atom. The van der Waals surface area contributed by atoms with Crippen LogP contribution in [0.2, 0.25) is 0 Å². The van der Waals surface area contributed by atoms with Crippen molar-refractivity contribution < 1.29 is 8.91 Å². The van der Waals surface area contributed by atoms with Crippen molar-refractivity contribution in [3.8, 4) is 40.2 Å². The summed E-state index contributed by atoms with van der Waals surface area (Å²) in [5.41, 5.74) is 3.11. The third-order valence-electron chi connectivity index (χ3n) is 4.05. The maximum absolute atomic E-state index is 14.1.